The third kappa shape index (κ3) is 2.88. The van der Waals surface area contributed by atoms with Crippen LogP contribution in [-0.4, -0.2) is 7.05 Å². The van der Waals surface area contributed by atoms with Gasteiger partial charge in [-0.1, -0.05) is 39.0 Å². The van der Waals surface area contributed by atoms with Crippen LogP contribution in [0.2, 0.25) is 0 Å². The van der Waals surface area contributed by atoms with Crippen LogP contribution < -0.4 is 5.32 Å². The van der Waals surface area contributed by atoms with Gasteiger partial charge in [0.1, 0.15) is 0 Å². The molecule has 2 rings (SSSR count). The molecule has 1 aromatic heterocycles. The Hall–Kier alpha value is -0.860. The number of nitrogens with one attached hydrogen (secondary N) is 1. The van der Waals surface area contributed by atoms with Crippen LogP contribution in [0, 0.1) is 5.41 Å². The maximum absolute atomic E-state index is 3.46. The minimum Gasteiger partial charge on any atom is -0.313 e. The zero-order chi connectivity index (χ0) is 12.5. The predicted octanol–water partition coefficient (Wildman–Crippen LogP) is 4.60. The second kappa shape index (κ2) is 4.79. The van der Waals surface area contributed by atoms with Crippen LogP contribution in [0.4, 0.5) is 0 Å². The standard InChI is InChI=1S/C15H21NS/c1-15(2,3)10-13(16-4)12-7-5-6-11-8-9-17-14(11)12/h5-9,13,16H,10H2,1-4H3. The Morgan fingerprint density at radius 1 is 1.24 bits per heavy atom. The van der Waals surface area contributed by atoms with E-state index in [1.165, 1.54) is 15.6 Å². The summed E-state index contributed by atoms with van der Waals surface area (Å²) in [5, 5.41) is 7.00. The highest BCUT2D eigenvalue weighted by Gasteiger charge is 2.20. The Kier molecular flexibility index (Phi) is 3.55. The molecule has 1 nitrogen and oxygen atoms in total. The zero-order valence-corrected chi connectivity index (χ0v) is 11.9. The first-order valence-electron chi connectivity index (χ1n) is 6.15. The largest absolute Gasteiger partial charge is 0.313 e. The fourth-order valence-corrected chi connectivity index (χ4v) is 3.24. The fourth-order valence-electron chi connectivity index (χ4n) is 2.27. The highest BCUT2D eigenvalue weighted by Crippen LogP contribution is 2.34. The normalized spacial score (nSPS) is 14.1. The molecule has 0 radical (unpaired) electrons. The van der Waals surface area contributed by atoms with Gasteiger partial charge < -0.3 is 5.32 Å². The van der Waals surface area contributed by atoms with Gasteiger partial charge in [-0.25, -0.2) is 0 Å². The van der Waals surface area contributed by atoms with Gasteiger partial charge in [-0.05, 0) is 41.3 Å². The highest BCUT2D eigenvalue weighted by molar-refractivity contribution is 7.17. The molecule has 1 atom stereocenters. The van der Waals surface area contributed by atoms with Gasteiger partial charge in [0.05, 0.1) is 0 Å². The minimum absolute atomic E-state index is 0.340. The van der Waals surface area contributed by atoms with Gasteiger partial charge in [0.15, 0.2) is 0 Å². The summed E-state index contributed by atoms with van der Waals surface area (Å²) in [6, 6.07) is 9.26. The molecule has 0 fully saturated rings. The average molecular weight is 247 g/mol. The quantitative estimate of drug-likeness (QED) is 0.836. The number of thiophene rings is 1. The maximum atomic E-state index is 3.46. The Balaban J connectivity index is 2.39. The van der Waals surface area contributed by atoms with E-state index in [0.29, 0.717) is 11.5 Å². The summed E-state index contributed by atoms with van der Waals surface area (Å²) in [4.78, 5) is 0. The molecule has 0 saturated carbocycles. The smallest absolute Gasteiger partial charge is 0.0390 e. The van der Waals surface area contributed by atoms with E-state index in [1.54, 1.807) is 0 Å². The number of benzene rings is 1. The first kappa shape index (κ1) is 12.6. The summed E-state index contributed by atoms with van der Waals surface area (Å²) in [6.07, 6.45) is 1.15. The third-order valence-corrected chi connectivity index (χ3v) is 4.03. The van der Waals surface area contributed by atoms with Crippen molar-refractivity contribution in [1.82, 2.24) is 5.32 Å². The minimum atomic E-state index is 0.340. The maximum Gasteiger partial charge on any atom is 0.0390 e. The lowest BCUT2D eigenvalue weighted by Crippen LogP contribution is -2.22. The van der Waals surface area contributed by atoms with E-state index < -0.39 is 0 Å². The summed E-state index contributed by atoms with van der Waals surface area (Å²) < 4.78 is 1.43. The number of hydrogen-bond donors (Lipinski definition) is 1. The van der Waals surface area contributed by atoms with Crippen molar-refractivity contribution in [2.24, 2.45) is 5.41 Å². The number of fused-ring (bicyclic) bond motifs is 1. The van der Waals surface area contributed by atoms with E-state index in [4.69, 9.17) is 0 Å². The molecular weight excluding hydrogens is 226 g/mol. The van der Waals surface area contributed by atoms with Crippen molar-refractivity contribution >= 4 is 21.4 Å². The summed E-state index contributed by atoms with van der Waals surface area (Å²) in [6.45, 7) is 6.89. The summed E-state index contributed by atoms with van der Waals surface area (Å²) in [7, 11) is 2.06. The Labute approximate surface area is 108 Å². The Bertz CT molecular complexity index is 493. The molecule has 1 aromatic carbocycles. The van der Waals surface area contributed by atoms with Crippen LogP contribution in [0.3, 0.4) is 0 Å². The molecule has 1 N–H and O–H groups in total. The molecule has 0 aliphatic carbocycles. The molecule has 0 saturated heterocycles. The van der Waals surface area contributed by atoms with Gasteiger partial charge in [-0.15, -0.1) is 11.3 Å². The van der Waals surface area contributed by atoms with E-state index >= 15 is 0 Å². The van der Waals surface area contributed by atoms with Crippen molar-refractivity contribution in [2.75, 3.05) is 7.05 Å². The van der Waals surface area contributed by atoms with Crippen molar-refractivity contribution in [3.8, 4) is 0 Å². The molecule has 2 aromatic rings. The predicted molar refractivity (Wildman–Crippen MR) is 77.7 cm³/mol. The average Bonchev–Trinajstić information content (AvgIpc) is 2.72. The lowest BCUT2D eigenvalue weighted by molar-refractivity contribution is 0.322. The first-order chi connectivity index (χ1) is 8.01. The van der Waals surface area contributed by atoms with E-state index in [1.807, 2.05) is 11.3 Å². The summed E-state index contributed by atoms with van der Waals surface area (Å²) in [5.74, 6) is 0. The SMILES string of the molecule is CNC(CC(C)(C)C)c1cccc2ccsc12. The molecule has 17 heavy (non-hydrogen) atoms. The molecule has 1 unspecified atom stereocenters. The van der Waals surface area contributed by atoms with Crippen LogP contribution in [0.15, 0.2) is 29.6 Å². The number of hydrogen-bond acceptors (Lipinski definition) is 2. The van der Waals surface area contributed by atoms with E-state index in [9.17, 15) is 0 Å². The highest BCUT2D eigenvalue weighted by atomic mass is 32.1. The van der Waals surface area contributed by atoms with E-state index in [-0.39, 0.29) is 0 Å². The van der Waals surface area contributed by atoms with Crippen LogP contribution in [-0.2, 0) is 0 Å². The fraction of sp³-hybridized carbons (Fsp3) is 0.467. The lowest BCUT2D eigenvalue weighted by atomic mass is 9.85. The van der Waals surface area contributed by atoms with Gasteiger partial charge in [0.2, 0.25) is 0 Å². The van der Waals surface area contributed by atoms with Crippen molar-refractivity contribution < 1.29 is 0 Å². The van der Waals surface area contributed by atoms with Crippen LogP contribution in [0.1, 0.15) is 38.8 Å². The van der Waals surface area contributed by atoms with Crippen molar-refractivity contribution in [3.63, 3.8) is 0 Å². The molecule has 0 aliphatic heterocycles. The van der Waals surface area contributed by atoms with Crippen molar-refractivity contribution in [3.05, 3.63) is 35.2 Å². The van der Waals surface area contributed by atoms with Gasteiger partial charge in [0, 0.05) is 10.7 Å². The molecule has 0 spiro atoms. The topological polar surface area (TPSA) is 12.0 Å². The van der Waals surface area contributed by atoms with Gasteiger partial charge >= 0.3 is 0 Å². The third-order valence-electron chi connectivity index (χ3n) is 3.05. The van der Waals surface area contributed by atoms with Gasteiger partial charge in [-0.3, -0.25) is 0 Å². The number of rotatable bonds is 3. The van der Waals surface area contributed by atoms with Crippen LogP contribution >= 0.6 is 11.3 Å². The zero-order valence-electron chi connectivity index (χ0n) is 11.1. The molecule has 1 heterocycles. The van der Waals surface area contributed by atoms with Gasteiger partial charge in [0.25, 0.3) is 0 Å². The Morgan fingerprint density at radius 2 is 2.00 bits per heavy atom. The van der Waals surface area contributed by atoms with Crippen LogP contribution in [0.5, 0.6) is 0 Å². The van der Waals surface area contributed by atoms with E-state index in [2.05, 4.69) is 62.8 Å². The second-order valence-electron chi connectivity index (χ2n) is 5.79. The molecule has 0 bridgehead atoms. The lowest BCUT2D eigenvalue weighted by Gasteiger charge is -2.26. The summed E-state index contributed by atoms with van der Waals surface area (Å²) >= 11 is 1.84. The molecule has 0 aliphatic rings. The van der Waals surface area contributed by atoms with Crippen molar-refractivity contribution in [1.29, 1.82) is 0 Å². The molecule has 0 amide bonds. The second-order valence-corrected chi connectivity index (χ2v) is 6.71. The monoisotopic (exact) mass is 247 g/mol. The molecule has 92 valence electrons. The van der Waals surface area contributed by atoms with Gasteiger partial charge in [-0.2, -0.15) is 0 Å². The first-order valence-corrected chi connectivity index (χ1v) is 7.02. The van der Waals surface area contributed by atoms with Crippen molar-refractivity contribution in [2.45, 2.75) is 33.2 Å². The summed E-state index contributed by atoms with van der Waals surface area (Å²) in [5.41, 5.74) is 1.78. The molecular formula is C15H21NS. The Morgan fingerprint density at radius 3 is 2.65 bits per heavy atom. The van der Waals surface area contributed by atoms with Crippen LogP contribution in [0.25, 0.3) is 10.1 Å². The molecule has 2 heteroatoms. The van der Waals surface area contributed by atoms with E-state index in [0.717, 1.165) is 6.42 Å².